The number of aromatic hydroxyl groups is 1. The fourth-order valence-electron chi connectivity index (χ4n) is 4.79. The van der Waals surface area contributed by atoms with E-state index in [1.165, 1.54) is 24.4 Å². The van der Waals surface area contributed by atoms with E-state index < -0.39 is 17.6 Å². The van der Waals surface area contributed by atoms with Gasteiger partial charge in [0, 0.05) is 35.1 Å². The number of para-hydroxylation sites is 1. The van der Waals surface area contributed by atoms with Crippen molar-refractivity contribution in [2.45, 2.75) is 38.9 Å². The molecule has 0 aliphatic heterocycles. The van der Waals surface area contributed by atoms with E-state index in [1.807, 2.05) is 12.1 Å². The van der Waals surface area contributed by atoms with E-state index in [2.05, 4.69) is 41.7 Å². The number of aromatic nitrogens is 1. The van der Waals surface area contributed by atoms with E-state index in [-0.39, 0.29) is 40.3 Å². The van der Waals surface area contributed by atoms with Gasteiger partial charge < -0.3 is 21.1 Å². The molecule has 0 unspecified atom stereocenters. The Morgan fingerprint density at radius 2 is 1.49 bits per heavy atom. The summed E-state index contributed by atoms with van der Waals surface area (Å²) in [4.78, 5) is 30.6. The molecule has 0 aliphatic carbocycles. The summed E-state index contributed by atoms with van der Waals surface area (Å²) in [5.41, 5.74) is 2.72. The lowest BCUT2D eigenvalue weighted by molar-refractivity contribution is -0.137. The van der Waals surface area contributed by atoms with Crippen LogP contribution in [0, 0.1) is 0 Å². The number of carbonyl (C=O) groups excluding carboxylic acids is 2. The molecule has 5 rings (SSSR count). The number of fused-ring (bicyclic) bond motifs is 1. The van der Waals surface area contributed by atoms with Gasteiger partial charge in [-0.3, -0.25) is 14.6 Å². The van der Waals surface area contributed by atoms with Gasteiger partial charge in [-0.15, -0.1) is 0 Å². The first kappa shape index (κ1) is 31.1. The SMILES string of the molecule is CC(C)(C)c1ccc(C(=O)Nc2cccc(Nc3c(C(=O)NCc4cccc(C(F)(F)F)c4)cnc4c(O)cccc34)c2)cc1. The average Bonchev–Trinajstić information content (AvgIpc) is 3.00. The molecular weight excluding hydrogens is 581 g/mol. The Balaban J connectivity index is 1.40. The second-order valence-corrected chi connectivity index (χ2v) is 11.6. The number of carbonyl (C=O) groups is 2. The highest BCUT2D eigenvalue weighted by atomic mass is 19.4. The van der Waals surface area contributed by atoms with Gasteiger partial charge in [0.25, 0.3) is 11.8 Å². The molecule has 2 amide bonds. The summed E-state index contributed by atoms with van der Waals surface area (Å²) in [5, 5.41) is 19.6. The zero-order valence-electron chi connectivity index (χ0n) is 24.8. The number of anilines is 3. The van der Waals surface area contributed by atoms with E-state index in [4.69, 9.17) is 0 Å². The van der Waals surface area contributed by atoms with E-state index in [9.17, 15) is 27.9 Å². The highest BCUT2D eigenvalue weighted by molar-refractivity contribution is 6.09. The molecule has 0 atom stereocenters. The molecule has 10 heteroatoms. The topological polar surface area (TPSA) is 103 Å². The Labute approximate surface area is 258 Å². The fraction of sp³-hybridized carbons (Fsp3) is 0.171. The largest absolute Gasteiger partial charge is 0.506 e. The predicted octanol–water partition coefficient (Wildman–Crippen LogP) is 8.18. The number of phenolic OH excluding ortho intramolecular Hbond substituents is 1. The Kier molecular flexibility index (Phi) is 8.50. The molecule has 0 saturated carbocycles. The number of halogens is 3. The van der Waals surface area contributed by atoms with E-state index in [1.54, 1.807) is 48.5 Å². The van der Waals surface area contributed by atoms with Crippen molar-refractivity contribution in [3.8, 4) is 5.75 Å². The van der Waals surface area contributed by atoms with Gasteiger partial charge >= 0.3 is 6.18 Å². The molecule has 0 radical (unpaired) electrons. The summed E-state index contributed by atoms with van der Waals surface area (Å²) in [6, 6.07) is 23.8. The number of hydrogen-bond donors (Lipinski definition) is 4. The quantitative estimate of drug-likeness (QED) is 0.148. The third-order valence-corrected chi connectivity index (χ3v) is 7.23. The van der Waals surface area contributed by atoms with Gasteiger partial charge in [0.15, 0.2) is 0 Å². The molecule has 45 heavy (non-hydrogen) atoms. The molecule has 5 aromatic rings. The molecule has 0 saturated heterocycles. The summed E-state index contributed by atoms with van der Waals surface area (Å²) < 4.78 is 39.5. The van der Waals surface area contributed by atoms with Gasteiger partial charge in [0.05, 0.1) is 16.8 Å². The van der Waals surface area contributed by atoms with Crippen LogP contribution in [0.5, 0.6) is 5.75 Å². The monoisotopic (exact) mass is 612 g/mol. The number of rotatable bonds is 7. The van der Waals surface area contributed by atoms with Crippen molar-refractivity contribution in [3.63, 3.8) is 0 Å². The molecule has 1 aromatic heterocycles. The summed E-state index contributed by atoms with van der Waals surface area (Å²) in [5.74, 6) is -0.970. The van der Waals surface area contributed by atoms with Gasteiger partial charge in [-0.1, -0.05) is 63.2 Å². The number of hydrogen-bond acceptors (Lipinski definition) is 5. The van der Waals surface area contributed by atoms with Crippen molar-refractivity contribution < 1.29 is 27.9 Å². The van der Waals surface area contributed by atoms with E-state index in [0.717, 1.165) is 17.7 Å². The summed E-state index contributed by atoms with van der Waals surface area (Å²) >= 11 is 0. The van der Waals surface area contributed by atoms with Crippen LogP contribution < -0.4 is 16.0 Å². The first-order valence-corrected chi connectivity index (χ1v) is 14.1. The van der Waals surface area contributed by atoms with Gasteiger partial charge in [-0.2, -0.15) is 13.2 Å². The number of pyridine rings is 1. The van der Waals surface area contributed by atoms with Crippen LogP contribution in [-0.4, -0.2) is 21.9 Å². The minimum Gasteiger partial charge on any atom is -0.506 e. The van der Waals surface area contributed by atoms with Crippen LogP contribution in [0.3, 0.4) is 0 Å². The molecule has 7 nitrogen and oxygen atoms in total. The first-order valence-electron chi connectivity index (χ1n) is 14.1. The van der Waals surface area contributed by atoms with Crippen LogP contribution in [0.15, 0.2) is 97.2 Å². The zero-order chi connectivity index (χ0) is 32.4. The van der Waals surface area contributed by atoms with Gasteiger partial charge in [0.1, 0.15) is 11.3 Å². The minimum atomic E-state index is -4.51. The molecule has 0 spiro atoms. The van der Waals surface area contributed by atoms with Crippen LogP contribution in [0.25, 0.3) is 10.9 Å². The van der Waals surface area contributed by atoms with Crippen LogP contribution in [0.4, 0.5) is 30.2 Å². The first-order chi connectivity index (χ1) is 21.3. The highest BCUT2D eigenvalue weighted by Crippen LogP contribution is 2.34. The third kappa shape index (κ3) is 7.23. The molecule has 4 aromatic carbocycles. The minimum absolute atomic E-state index is 0.0448. The normalized spacial score (nSPS) is 11.7. The summed E-state index contributed by atoms with van der Waals surface area (Å²) in [6.07, 6.45) is -3.22. The Hall–Kier alpha value is -5.38. The average molecular weight is 613 g/mol. The fourth-order valence-corrected chi connectivity index (χ4v) is 4.79. The molecule has 0 bridgehead atoms. The molecule has 1 heterocycles. The van der Waals surface area contributed by atoms with Crippen molar-refractivity contribution in [1.82, 2.24) is 10.3 Å². The second-order valence-electron chi connectivity index (χ2n) is 11.6. The zero-order valence-corrected chi connectivity index (χ0v) is 24.8. The maximum Gasteiger partial charge on any atom is 0.416 e. The third-order valence-electron chi connectivity index (χ3n) is 7.23. The molecule has 4 N–H and O–H groups in total. The highest BCUT2D eigenvalue weighted by Gasteiger charge is 2.30. The van der Waals surface area contributed by atoms with E-state index in [0.29, 0.717) is 28.0 Å². The lowest BCUT2D eigenvalue weighted by Crippen LogP contribution is -2.24. The van der Waals surface area contributed by atoms with Crippen molar-refractivity contribution in [1.29, 1.82) is 0 Å². The van der Waals surface area contributed by atoms with Crippen LogP contribution in [0.2, 0.25) is 0 Å². The molecule has 230 valence electrons. The van der Waals surface area contributed by atoms with Crippen molar-refractivity contribution in [3.05, 3.63) is 125 Å². The number of nitrogens with zero attached hydrogens (tertiary/aromatic N) is 1. The lowest BCUT2D eigenvalue weighted by Gasteiger charge is -2.19. The lowest BCUT2D eigenvalue weighted by atomic mass is 9.87. The maximum atomic E-state index is 13.4. The Morgan fingerprint density at radius 3 is 2.20 bits per heavy atom. The maximum absolute atomic E-state index is 13.4. The second kappa shape index (κ2) is 12.3. The summed E-state index contributed by atoms with van der Waals surface area (Å²) in [6.45, 7) is 6.14. The predicted molar refractivity (Wildman–Crippen MR) is 169 cm³/mol. The van der Waals surface area contributed by atoms with Crippen molar-refractivity contribution in [2.24, 2.45) is 0 Å². The smallest absolute Gasteiger partial charge is 0.416 e. The molecular formula is C35H31F3N4O3. The van der Waals surface area contributed by atoms with Crippen LogP contribution >= 0.6 is 0 Å². The number of alkyl halides is 3. The van der Waals surface area contributed by atoms with Crippen LogP contribution in [-0.2, 0) is 18.1 Å². The standard InChI is InChI=1S/C35H31F3N4O3/c1-34(2,3)23-15-13-22(14-16-23)32(44)42-26-10-5-9-25(18-26)41-30-27-11-6-12-29(43)31(27)39-20-28(30)33(45)40-19-21-7-4-8-24(17-21)35(36,37)38/h4-18,20,43H,19H2,1-3H3,(H,39,41)(H,40,45)(H,42,44). The number of amides is 2. The Morgan fingerprint density at radius 1 is 0.800 bits per heavy atom. The number of phenols is 1. The summed E-state index contributed by atoms with van der Waals surface area (Å²) in [7, 11) is 0. The Bertz CT molecular complexity index is 1880. The molecule has 0 fully saturated rings. The van der Waals surface area contributed by atoms with Gasteiger partial charge in [-0.05, 0) is 65.1 Å². The molecule has 0 aliphatic rings. The van der Waals surface area contributed by atoms with Gasteiger partial charge in [-0.25, -0.2) is 0 Å². The van der Waals surface area contributed by atoms with Crippen molar-refractivity contribution in [2.75, 3.05) is 10.6 Å². The van der Waals surface area contributed by atoms with E-state index >= 15 is 0 Å². The number of nitrogens with one attached hydrogen (secondary N) is 3. The van der Waals surface area contributed by atoms with Crippen molar-refractivity contribution >= 4 is 39.8 Å². The number of benzene rings is 4. The van der Waals surface area contributed by atoms with Crippen LogP contribution in [0.1, 0.15) is 58.2 Å². The van der Waals surface area contributed by atoms with Gasteiger partial charge in [0.2, 0.25) is 0 Å².